The van der Waals surface area contributed by atoms with Crippen LogP contribution in [0.2, 0.25) is 0 Å². The van der Waals surface area contributed by atoms with Gasteiger partial charge < -0.3 is 9.32 Å². The van der Waals surface area contributed by atoms with Crippen LogP contribution in [0, 0.1) is 0 Å². The molecule has 7 aromatic carbocycles. The number of hydrogen-bond acceptors (Lipinski definition) is 2. The zero-order valence-corrected chi connectivity index (χ0v) is 24.6. The molecule has 9 rings (SSSR count). The standard InChI is InChI=1S/C43H29NO/c1-3-15-32(16-4-1)44(33-17-5-2-6-18-33)34-19-13-14-30(28-34)43(39-23-10-7-20-35(39)36-21-8-11-24-40(36)43)31-26-27-42-38(29-31)37-22-9-12-25-41(37)45-42/h1-29H. The van der Waals surface area contributed by atoms with Crippen molar-refractivity contribution < 1.29 is 4.42 Å². The van der Waals surface area contributed by atoms with Crippen LogP contribution in [0.4, 0.5) is 17.1 Å². The van der Waals surface area contributed by atoms with Crippen LogP contribution in [-0.4, -0.2) is 0 Å². The van der Waals surface area contributed by atoms with Crippen molar-refractivity contribution in [1.82, 2.24) is 0 Å². The van der Waals surface area contributed by atoms with E-state index in [1.807, 2.05) is 6.07 Å². The maximum absolute atomic E-state index is 6.29. The summed E-state index contributed by atoms with van der Waals surface area (Å²) < 4.78 is 6.29. The second kappa shape index (κ2) is 10.1. The molecule has 0 bridgehead atoms. The molecule has 0 saturated heterocycles. The van der Waals surface area contributed by atoms with Crippen LogP contribution in [0.25, 0.3) is 33.1 Å². The molecule has 1 aromatic heterocycles. The molecule has 0 aliphatic heterocycles. The lowest BCUT2D eigenvalue weighted by atomic mass is 9.67. The number of rotatable bonds is 5. The normalized spacial score (nSPS) is 13.1. The summed E-state index contributed by atoms with van der Waals surface area (Å²) in [5.74, 6) is 0. The predicted octanol–water partition coefficient (Wildman–Crippen LogP) is 11.4. The smallest absolute Gasteiger partial charge is 0.135 e. The highest BCUT2D eigenvalue weighted by Gasteiger charge is 2.46. The third-order valence-corrected chi connectivity index (χ3v) is 9.33. The van der Waals surface area contributed by atoms with Crippen molar-refractivity contribution in [2.75, 3.05) is 4.90 Å². The SMILES string of the molecule is c1ccc(N(c2ccccc2)c2cccc(C3(c4ccc5oc6ccccc6c5c4)c4ccccc4-c4ccccc43)c2)cc1. The Balaban J connectivity index is 1.36. The van der Waals surface area contributed by atoms with Gasteiger partial charge in [-0.25, -0.2) is 0 Å². The summed E-state index contributed by atoms with van der Waals surface area (Å²) in [6.07, 6.45) is 0. The Labute approximate surface area is 262 Å². The molecule has 2 heteroatoms. The van der Waals surface area contributed by atoms with Gasteiger partial charge in [-0.3, -0.25) is 0 Å². The average molecular weight is 576 g/mol. The van der Waals surface area contributed by atoms with Gasteiger partial charge in [-0.15, -0.1) is 0 Å². The van der Waals surface area contributed by atoms with Crippen LogP contribution in [0.15, 0.2) is 180 Å². The van der Waals surface area contributed by atoms with Crippen molar-refractivity contribution in [3.05, 3.63) is 198 Å². The lowest BCUT2D eigenvalue weighted by Crippen LogP contribution is -2.28. The number of furan rings is 1. The molecular weight excluding hydrogens is 546 g/mol. The molecule has 0 spiro atoms. The Bertz CT molecular complexity index is 2250. The second-order valence-corrected chi connectivity index (χ2v) is 11.7. The van der Waals surface area contributed by atoms with Gasteiger partial charge in [0, 0.05) is 27.8 Å². The lowest BCUT2D eigenvalue weighted by Gasteiger charge is -2.35. The zero-order valence-electron chi connectivity index (χ0n) is 24.6. The third kappa shape index (κ3) is 3.82. The van der Waals surface area contributed by atoms with Gasteiger partial charge in [0.05, 0.1) is 5.41 Å². The Morgan fingerprint density at radius 2 is 0.911 bits per heavy atom. The summed E-state index contributed by atoms with van der Waals surface area (Å²) in [5, 5.41) is 2.27. The Morgan fingerprint density at radius 1 is 0.378 bits per heavy atom. The van der Waals surface area contributed by atoms with Crippen molar-refractivity contribution >= 4 is 39.0 Å². The van der Waals surface area contributed by atoms with Gasteiger partial charge in [0.25, 0.3) is 0 Å². The Morgan fingerprint density at radius 3 is 1.60 bits per heavy atom. The highest BCUT2D eigenvalue weighted by molar-refractivity contribution is 6.05. The van der Waals surface area contributed by atoms with Gasteiger partial charge in [0.15, 0.2) is 0 Å². The van der Waals surface area contributed by atoms with E-state index in [4.69, 9.17) is 4.42 Å². The number of anilines is 3. The van der Waals surface area contributed by atoms with Crippen LogP contribution < -0.4 is 4.90 Å². The van der Waals surface area contributed by atoms with Crippen molar-refractivity contribution in [3.63, 3.8) is 0 Å². The predicted molar refractivity (Wildman–Crippen MR) is 186 cm³/mol. The summed E-state index contributed by atoms with van der Waals surface area (Å²) in [5.41, 5.74) is 12.2. The van der Waals surface area contributed by atoms with Crippen LogP contribution in [-0.2, 0) is 5.41 Å². The van der Waals surface area contributed by atoms with E-state index in [-0.39, 0.29) is 0 Å². The van der Waals surface area contributed by atoms with E-state index in [1.54, 1.807) is 0 Å². The maximum atomic E-state index is 6.29. The number of para-hydroxylation sites is 3. The molecule has 1 aliphatic rings. The Hall–Kier alpha value is -5.86. The van der Waals surface area contributed by atoms with E-state index >= 15 is 0 Å². The summed E-state index contributed by atoms with van der Waals surface area (Å²) in [7, 11) is 0. The van der Waals surface area contributed by atoms with Gasteiger partial charge in [0.1, 0.15) is 11.2 Å². The van der Waals surface area contributed by atoms with Gasteiger partial charge in [-0.05, 0) is 88.0 Å². The minimum absolute atomic E-state index is 0.533. The molecule has 0 fully saturated rings. The first-order chi connectivity index (χ1) is 22.3. The maximum Gasteiger partial charge on any atom is 0.135 e. The zero-order chi connectivity index (χ0) is 29.8. The molecule has 0 amide bonds. The summed E-state index contributed by atoms with van der Waals surface area (Å²) in [6, 6.07) is 63.3. The highest BCUT2D eigenvalue weighted by atomic mass is 16.3. The Kier molecular flexibility index (Phi) is 5.76. The molecule has 45 heavy (non-hydrogen) atoms. The van der Waals surface area contributed by atoms with Crippen molar-refractivity contribution in [1.29, 1.82) is 0 Å². The molecular formula is C43H29NO. The molecule has 1 aliphatic carbocycles. The van der Waals surface area contributed by atoms with Crippen LogP contribution in [0.3, 0.4) is 0 Å². The fourth-order valence-electron chi connectivity index (χ4n) is 7.46. The first kappa shape index (κ1) is 25.6. The number of benzene rings is 7. The fraction of sp³-hybridized carbons (Fsp3) is 0.0233. The molecule has 2 nitrogen and oxygen atoms in total. The highest BCUT2D eigenvalue weighted by Crippen LogP contribution is 2.57. The molecule has 212 valence electrons. The van der Waals surface area contributed by atoms with Crippen molar-refractivity contribution in [3.8, 4) is 11.1 Å². The van der Waals surface area contributed by atoms with Gasteiger partial charge >= 0.3 is 0 Å². The number of fused-ring (bicyclic) bond motifs is 6. The van der Waals surface area contributed by atoms with E-state index in [0.717, 1.165) is 39.0 Å². The fourth-order valence-corrected chi connectivity index (χ4v) is 7.46. The average Bonchev–Trinajstić information content (AvgIpc) is 3.63. The quantitative estimate of drug-likeness (QED) is 0.203. The topological polar surface area (TPSA) is 16.4 Å². The molecule has 8 aromatic rings. The van der Waals surface area contributed by atoms with Crippen LogP contribution in [0.5, 0.6) is 0 Å². The van der Waals surface area contributed by atoms with E-state index in [1.165, 1.54) is 33.4 Å². The van der Waals surface area contributed by atoms with Gasteiger partial charge in [-0.2, -0.15) is 0 Å². The molecule has 0 saturated carbocycles. The molecule has 0 N–H and O–H groups in total. The third-order valence-electron chi connectivity index (χ3n) is 9.33. The number of nitrogens with zero attached hydrogens (tertiary/aromatic N) is 1. The summed E-state index contributed by atoms with van der Waals surface area (Å²) in [4.78, 5) is 2.34. The molecule has 0 atom stereocenters. The minimum atomic E-state index is -0.533. The lowest BCUT2D eigenvalue weighted by molar-refractivity contribution is 0.668. The van der Waals surface area contributed by atoms with E-state index in [2.05, 4.69) is 175 Å². The van der Waals surface area contributed by atoms with Crippen molar-refractivity contribution in [2.24, 2.45) is 0 Å². The monoisotopic (exact) mass is 575 g/mol. The largest absolute Gasteiger partial charge is 0.456 e. The minimum Gasteiger partial charge on any atom is -0.456 e. The molecule has 1 heterocycles. The first-order valence-electron chi connectivity index (χ1n) is 15.4. The van der Waals surface area contributed by atoms with Gasteiger partial charge in [0.2, 0.25) is 0 Å². The summed E-state index contributed by atoms with van der Waals surface area (Å²) >= 11 is 0. The molecule has 0 unspecified atom stereocenters. The van der Waals surface area contributed by atoms with E-state index < -0.39 is 5.41 Å². The number of hydrogen-bond donors (Lipinski definition) is 0. The van der Waals surface area contributed by atoms with E-state index in [9.17, 15) is 0 Å². The second-order valence-electron chi connectivity index (χ2n) is 11.7. The first-order valence-corrected chi connectivity index (χ1v) is 15.4. The van der Waals surface area contributed by atoms with Gasteiger partial charge in [-0.1, -0.05) is 121 Å². The van der Waals surface area contributed by atoms with Crippen LogP contribution in [0.1, 0.15) is 22.3 Å². The van der Waals surface area contributed by atoms with E-state index in [0.29, 0.717) is 0 Å². The van der Waals surface area contributed by atoms with Crippen molar-refractivity contribution in [2.45, 2.75) is 5.41 Å². The summed E-state index contributed by atoms with van der Waals surface area (Å²) in [6.45, 7) is 0. The van der Waals surface area contributed by atoms with Crippen LogP contribution >= 0.6 is 0 Å². The molecule has 0 radical (unpaired) electrons.